The van der Waals surface area contributed by atoms with Crippen LogP contribution in [0.4, 0.5) is 11.4 Å². The lowest BCUT2D eigenvalue weighted by Gasteiger charge is -2.35. The van der Waals surface area contributed by atoms with Crippen molar-refractivity contribution in [2.24, 2.45) is 0 Å². The molecule has 0 unspecified atom stereocenters. The Hall–Kier alpha value is -1.24. The number of alkyl halides is 1. The molecule has 0 bridgehead atoms. The van der Waals surface area contributed by atoms with Crippen LogP contribution in [0.2, 0.25) is 0 Å². The lowest BCUT2D eigenvalue weighted by atomic mass is 10.2. The molecule has 7 heteroatoms. The van der Waals surface area contributed by atoms with Crippen LogP contribution in [0.25, 0.3) is 0 Å². The van der Waals surface area contributed by atoms with Crippen LogP contribution < -0.4 is 9.21 Å². The Balaban J connectivity index is 2.06. The van der Waals surface area contributed by atoms with Crippen LogP contribution in [0.15, 0.2) is 39.9 Å². The fraction of sp³-hybridized carbons (Fsp3) is 0.286. The van der Waals surface area contributed by atoms with Crippen LogP contribution in [-0.2, 0) is 15.9 Å². The Kier molecular flexibility index (Phi) is 3.86. The predicted molar refractivity (Wildman–Crippen MR) is 88.1 cm³/mol. The molecule has 0 fully saturated rings. The molecule has 4 nitrogen and oxygen atoms in total. The fourth-order valence-corrected chi connectivity index (χ4v) is 5.43. The minimum Gasteiger partial charge on any atom is -0.371 e. The molecule has 112 valence electrons. The first kappa shape index (κ1) is 14.7. The van der Waals surface area contributed by atoms with Crippen molar-refractivity contribution >= 4 is 44.3 Å². The molecule has 1 aromatic carbocycles. The highest BCUT2D eigenvalue weighted by molar-refractivity contribution is 7.94. The third-order valence-corrected chi connectivity index (χ3v) is 7.11. The molecular formula is C14H15ClN2O2S2. The molecule has 0 saturated carbocycles. The summed E-state index contributed by atoms with van der Waals surface area (Å²) in [6.45, 7) is 1.12. The summed E-state index contributed by atoms with van der Waals surface area (Å²) in [7, 11) is -1.55. The summed E-state index contributed by atoms with van der Waals surface area (Å²) in [5.74, 6) is 0.325. The first-order valence-electron chi connectivity index (χ1n) is 6.50. The molecular weight excluding hydrogens is 328 g/mol. The standard InChI is InChI=1S/C14H15ClN2O2S2/c1-16-6-7-17(13-5-3-2-4-12(13)16)21(18,19)14-8-11(9-15)10-20-14/h2-5,8,10H,6-7,9H2,1H3. The van der Waals surface area contributed by atoms with Gasteiger partial charge >= 0.3 is 0 Å². The van der Waals surface area contributed by atoms with Gasteiger partial charge in [-0.25, -0.2) is 8.42 Å². The Morgan fingerprint density at radius 2 is 1.95 bits per heavy atom. The highest BCUT2D eigenvalue weighted by atomic mass is 35.5. The van der Waals surface area contributed by atoms with Gasteiger partial charge in [0.25, 0.3) is 10.0 Å². The maximum atomic E-state index is 12.9. The van der Waals surface area contributed by atoms with Crippen LogP contribution in [-0.4, -0.2) is 28.6 Å². The number of nitrogens with zero attached hydrogens (tertiary/aromatic N) is 2. The summed E-state index contributed by atoms with van der Waals surface area (Å²) in [6.07, 6.45) is 0. The number of sulfonamides is 1. The second kappa shape index (κ2) is 5.51. The lowest BCUT2D eigenvalue weighted by Crippen LogP contribution is -2.42. The molecule has 2 aromatic rings. The van der Waals surface area contributed by atoms with Crippen molar-refractivity contribution in [2.75, 3.05) is 29.3 Å². The molecule has 0 aliphatic carbocycles. The average molecular weight is 343 g/mol. The lowest BCUT2D eigenvalue weighted by molar-refractivity contribution is 0.591. The molecule has 21 heavy (non-hydrogen) atoms. The topological polar surface area (TPSA) is 40.6 Å². The summed E-state index contributed by atoms with van der Waals surface area (Å²) < 4.78 is 27.6. The van der Waals surface area contributed by atoms with Crippen LogP contribution >= 0.6 is 22.9 Å². The van der Waals surface area contributed by atoms with E-state index in [0.717, 1.165) is 16.9 Å². The third-order valence-electron chi connectivity index (χ3n) is 3.53. The molecule has 1 aliphatic heterocycles. The molecule has 1 aromatic heterocycles. The van der Waals surface area contributed by atoms with Gasteiger partial charge in [-0.05, 0) is 29.1 Å². The van der Waals surface area contributed by atoms with Gasteiger partial charge in [-0.3, -0.25) is 4.31 Å². The minimum atomic E-state index is -3.52. The summed E-state index contributed by atoms with van der Waals surface area (Å²) in [5, 5.41) is 1.79. The van der Waals surface area contributed by atoms with Crippen LogP contribution in [0.1, 0.15) is 5.56 Å². The Morgan fingerprint density at radius 3 is 2.62 bits per heavy atom. The largest absolute Gasteiger partial charge is 0.371 e. The molecule has 3 rings (SSSR count). The molecule has 0 radical (unpaired) electrons. The zero-order valence-electron chi connectivity index (χ0n) is 11.5. The molecule has 0 atom stereocenters. The fourth-order valence-electron chi connectivity index (χ4n) is 2.40. The molecule has 0 spiro atoms. The molecule has 1 aliphatic rings. The summed E-state index contributed by atoms with van der Waals surface area (Å²) in [6, 6.07) is 9.23. The van der Waals surface area contributed by atoms with Gasteiger partial charge in [-0.1, -0.05) is 12.1 Å². The van der Waals surface area contributed by atoms with Crippen molar-refractivity contribution in [3.63, 3.8) is 0 Å². The van der Waals surface area contributed by atoms with Crippen LogP contribution in [0, 0.1) is 0 Å². The van der Waals surface area contributed by atoms with E-state index in [2.05, 4.69) is 4.90 Å². The number of hydrogen-bond acceptors (Lipinski definition) is 4. The number of anilines is 2. The predicted octanol–water partition coefficient (Wildman–Crippen LogP) is 3.13. The quantitative estimate of drug-likeness (QED) is 0.805. The van der Waals surface area contributed by atoms with E-state index in [9.17, 15) is 8.42 Å². The third kappa shape index (κ3) is 2.52. The van der Waals surface area contributed by atoms with Gasteiger partial charge in [0, 0.05) is 19.5 Å². The van der Waals surface area contributed by atoms with Gasteiger partial charge in [-0.15, -0.1) is 22.9 Å². The maximum absolute atomic E-state index is 12.9. The van der Waals surface area contributed by atoms with E-state index >= 15 is 0 Å². The minimum absolute atomic E-state index is 0.325. The number of rotatable bonds is 3. The van der Waals surface area contributed by atoms with Gasteiger partial charge in [0.15, 0.2) is 0 Å². The second-order valence-corrected chi connectivity index (χ2v) is 8.16. The van der Waals surface area contributed by atoms with Gasteiger partial charge < -0.3 is 4.90 Å². The van der Waals surface area contributed by atoms with E-state index in [1.165, 1.54) is 15.6 Å². The average Bonchev–Trinajstić information content (AvgIpc) is 2.97. The van der Waals surface area contributed by atoms with Gasteiger partial charge in [0.2, 0.25) is 0 Å². The van der Waals surface area contributed by atoms with Crippen molar-refractivity contribution in [1.29, 1.82) is 0 Å². The normalized spacial score (nSPS) is 15.1. The summed E-state index contributed by atoms with van der Waals surface area (Å²) >= 11 is 6.99. The van der Waals surface area contributed by atoms with E-state index in [-0.39, 0.29) is 0 Å². The number of thiophene rings is 1. The van der Waals surface area contributed by atoms with Crippen molar-refractivity contribution in [1.82, 2.24) is 0 Å². The zero-order valence-corrected chi connectivity index (χ0v) is 13.9. The molecule has 0 amide bonds. The van der Waals surface area contributed by atoms with Gasteiger partial charge in [0.1, 0.15) is 4.21 Å². The van der Waals surface area contributed by atoms with E-state index in [1.54, 1.807) is 11.4 Å². The Morgan fingerprint density at radius 1 is 1.24 bits per heavy atom. The van der Waals surface area contributed by atoms with E-state index < -0.39 is 10.0 Å². The highest BCUT2D eigenvalue weighted by Crippen LogP contribution is 2.36. The second-order valence-electron chi connectivity index (χ2n) is 4.90. The van der Waals surface area contributed by atoms with Crippen LogP contribution in [0.5, 0.6) is 0 Å². The highest BCUT2D eigenvalue weighted by Gasteiger charge is 2.31. The van der Waals surface area contributed by atoms with E-state index in [0.29, 0.717) is 23.2 Å². The smallest absolute Gasteiger partial charge is 0.273 e. The zero-order chi connectivity index (χ0) is 15.0. The first-order chi connectivity index (χ1) is 10.0. The summed E-state index contributed by atoms with van der Waals surface area (Å²) in [4.78, 5) is 2.07. The molecule has 0 saturated heterocycles. The number of para-hydroxylation sites is 2. The first-order valence-corrected chi connectivity index (χ1v) is 9.36. The Bertz CT molecular complexity index is 758. The maximum Gasteiger partial charge on any atom is 0.273 e. The Labute approximate surface area is 133 Å². The SMILES string of the molecule is CN1CCN(S(=O)(=O)c2cc(CCl)cs2)c2ccccc21. The van der Waals surface area contributed by atoms with E-state index in [4.69, 9.17) is 11.6 Å². The van der Waals surface area contributed by atoms with Crippen molar-refractivity contribution in [2.45, 2.75) is 10.1 Å². The summed E-state index contributed by atoms with van der Waals surface area (Å²) in [5.41, 5.74) is 2.50. The number of benzene rings is 1. The number of fused-ring (bicyclic) bond motifs is 1. The van der Waals surface area contributed by atoms with Gasteiger partial charge in [0.05, 0.1) is 17.9 Å². The van der Waals surface area contributed by atoms with Crippen molar-refractivity contribution in [3.05, 3.63) is 41.3 Å². The number of likely N-dealkylation sites (N-methyl/N-ethyl adjacent to an activating group) is 1. The monoisotopic (exact) mass is 342 g/mol. The van der Waals surface area contributed by atoms with Crippen molar-refractivity contribution < 1.29 is 8.42 Å². The number of hydrogen-bond donors (Lipinski definition) is 0. The van der Waals surface area contributed by atoms with Crippen LogP contribution in [0.3, 0.4) is 0 Å². The molecule has 0 N–H and O–H groups in total. The van der Waals surface area contributed by atoms with E-state index in [1.807, 2.05) is 31.3 Å². The molecule has 2 heterocycles. The van der Waals surface area contributed by atoms with Crippen molar-refractivity contribution in [3.8, 4) is 0 Å². The number of halogens is 1. The van der Waals surface area contributed by atoms with Gasteiger partial charge in [-0.2, -0.15) is 0 Å².